The first-order chi connectivity index (χ1) is 16.9. The molecule has 6 heteroatoms. The number of aryl methyl sites for hydroxylation is 1. The average molecular weight is 464 g/mol. The Balaban J connectivity index is 1.63. The summed E-state index contributed by atoms with van der Waals surface area (Å²) in [7, 11) is 0. The highest BCUT2D eigenvalue weighted by atomic mass is 16.3. The Kier molecular flexibility index (Phi) is 5.79. The number of aromatic amines is 1. The van der Waals surface area contributed by atoms with Gasteiger partial charge in [-0.05, 0) is 50.6 Å². The number of nitrogens with zero attached hydrogens (tertiary/aromatic N) is 1. The molecule has 3 aromatic heterocycles. The van der Waals surface area contributed by atoms with Crippen LogP contribution in [-0.4, -0.2) is 9.97 Å². The molecule has 0 amide bonds. The zero-order valence-electron chi connectivity index (χ0n) is 19.8. The Labute approximate surface area is 202 Å². The number of hydrogen-bond donors (Lipinski definition) is 2. The fraction of sp³-hybridized carbons (Fsp3) is 0.138. The molecule has 2 aromatic carbocycles. The fourth-order valence-corrected chi connectivity index (χ4v) is 4.37. The number of pyridine rings is 2. The lowest BCUT2D eigenvalue weighted by molar-refractivity contribution is 0.605. The van der Waals surface area contributed by atoms with Gasteiger partial charge >= 0.3 is 0 Å². The monoisotopic (exact) mass is 463 g/mol. The van der Waals surface area contributed by atoms with E-state index in [2.05, 4.69) is 15.3 Å². The third-order valence-corrected chi connectivity index (χ3v) is 6.13. The molecule has 1 atom stereocenters. The van der Waals surface area contributed by atoms with E-state index < -0.39 is 0 Å². The number of aromatic nitrogens is 2. The quantitative estimate of drug-likeness (QED) is 0.334. The maximum atomic E-state index is 13.4. The van der Waals surface area contributed by atoms with E-state index >= 15 is 0 Å². The van der Waals surface area contributed by atoms with Crippen molar-refractivity contribution in [3.8, 4) is 22.6 Å². The maximum Gasteiger partial charge on any atom is 0.247 e. The molecule has 35 heavy (non-hydrogen) atoms. The highest BCUT2D eigenvalue weighted by molar-refractivity contribution is 5.85. The predicted octanol–water partition coefficient (Wildman–Crippen LogP) is 6.00. The molecule has 0 aliphatic rings. The molecule has 5 rings (SSSR count). The molecule has 0 saturated carbocycles. The SMILES string of the molecule is Cc1cc([C@@H](C)Nc2cccnc2-c2ccc(=O)[nH]c2)c2oc(-c3ccccc3)c(C)c(=O)c2c1. The summed E-state index contributed by atoms with van der Waals surface area (Å²) in [5.74, 6) is 0.579. The van der Waals surface area contributed by atoms with Crippen molar-refractivity contribution < 1.29 is 4.42 Å². The zero-order valence-corrected chi connectivity index (χ0v) is 19.8. The van der Waals surface area contributed by atoms with Gasteiger partial charge in [-0.3, -0.25) is 14.6 Å². The van der Waals surface area contributed by atoms with Gasteiger partial charge in [-0.25, -0.2) is 0 Å². The van der Waals surface area contributed by atoms with Gasteiger partial charge in [0.25, 0.3) is 0 Å². The number of anilines is 1. The van der Waals surface area contributed by atoms with Crippen LogP contribution in [0.1, 0.15) is 29.7 Å². The summed E-state index contributed by atoms with van der Waals surface area (Å²) in [6.45, 7) is 5.81. The van der Waals surface area contributed by atoms with Crippen molar-refractivity contribution in [2.24, 2.45) is 0 Å². The first-order valence-electron chi connectivity index (χ1n) is 11.5. The molecular formula is C29H25N3O3. The van der Waals surface area contributed by atoms with Gasteiger partial charge in [-0.15, -0.1) is 0 Å². The summed E-state index contributed by atoms with van der Waals surface area (Å²) in [6, 6.07) is 20.4. The maximum absolute atomic E-state index is 13.4. The van der Waals surface area contributed by atoms with E-state index in [1.54, 1.807) is 18.5 Å². The molecule has 0 fully saturated rings. The van der Waals surface area contributed by atoms with Gasteiger partial charge in [-0.2, -0.15) is 0 Å². The number of nitrogens with one attached hydrogen (secondary N) is 2. The Morgan fingerprint density at radius 2 is 1.74 bits per heavy atom. The van der Waals surface area contributed by atoms with Crippen molar-refractivity contribution >= 4 is 16.7 Å². The normalized spacial score (nSPS) is 12.0. The molecule has 0 aliphatic carbocycles. The van der Waals surface area contributed by atoms with Crippen LogP contribution in [0, 0.1) is 13.8 Å². The summed E-state index contributed by atoms with van der Waals surface area (Å²) in [4.78, 5) is 32.1. The third kappa shape index (κ3) is 4.26. The van der Waals surface area contributed by atoms with Crippen LogP contribution in [-0.2, 0) is 0 Å². The van der Waals surface area contributed by atoms with E-state index in [9.17, 15) is 9.59 Å². The van der Waals surface area contributed by atoms with Gasteiger partial charge in [0.05, 0.1) is 22.8 Å². The Morgan fingerprint density at radius 3 is 2.49 bits per heavy atom. The molecule has 6 nitrogen and oxygen atoms in total. The number of hydrogen-bond acceptors (Lipinski definition) is 5. The molecule has 0 bridgehead atoms. The molecule has 0 saturated heterocycles. The number of rotatable bonds is 5. The second-order valence-electron chi connectivity index (χ2n) is 8.69. The molecule has 0 unspecified atom stereocenters. The molecular weight excluding hydrogens is 438 g/mol. The summed E-state index contributed by atoms with van der Waals surface area (Å²) < 4.78 is 6.44. The van der Waals surface area contributed by atoms with Crippen molar-refractivity contribution in [2.45, 2.75) is 26.8 Å². The van der Waals surface area contributed by atoms with Crippen molar-refractivity contribution in [3.63, 3.8) is 0 Å². The first kappa shape index (κ1) is 22.3. The summed E-state index contributed by atoms with van der Waals surface area (Å²) in [5.41, 5.74) is 6.00. The molecule has 5 aromatic rings. The highest BCUT2D eigenvalue weighted by Crippen LogP contribution is 2.33. The Hall–Kier alpha value is -4.45. The van der Waals surface area contributed by atoms with Gasteiger partial charge in [0.1, 0.15) is 11.3 Å². The topological polar surface area (TPSA) is 88.0 Å². The average Bonchev–Trinajstić information content (AvgIpc) is 2.87. The largest absolute Gasteiger partial charge is 0.455 e. The van der Waals surface area contributed by atoms with Crippen LogP contribution in [0.3, 0.4) is 0 Å². The lowest BCUT2D eigenvalue weighted by atomic mass is 9.98. The number of H-pyrrole nitrogens is 1. The van der Waals surface area contributed by atoms with E-state index in [1.807, 2.05) is 75.4 Å². The van der Waals surface area contributed by atoms with Crippen molar-refractivity contribution in [3.05, 3.63) is 116 Å². The van der Waals surface area contributed by atoms with Gasteiger partial charge in [0.2, 0.25) is 5.56 Å². The van der Waals surface area contributed by atoms with Crippen LogP contribution in [0.5, 0.6) is 0 Å². The van der Waals surface area contributed by atoms with Crippen LogP contribution < -0.4 is 16.3 Å². The minimum Gasteiger partial charge on any atom is -0.455 e. The van der Waals surface area contributed by atoms with Crippen LogP contribution in [0.4, 0.5) is 5.69 Å². The van der Waals surface area contributed by atoms with Crippen molar-refractivity contribution in [1.82, 2.24) is 9.97 Å². The smallest absolute Gasteiger partial charge is 0.247 e. The lowest BCUT2D eigenvalue weighted by Gasteiger charge is -2.20. The molecule has 3 heterocycles. The third-order valence-electron chi connectivity index (χ3n) is 6.13. The minimum absolute atomic E-state index is 0.0300. The first-order valence-corrected chi connectivity index (χ1v) is 11.5. The van der Waals surface area contributed by atoms with Gasteiger partial charge in [0.15, 0.2) is 5.43 Å². The minimum atomic E-state index is -0.197. The standard InChI is InChI=1S/C29H25N3O3/c1-17-14-22(19(3)32-24-10-7-13-30-26(24)21-11-12-25(33)31-16-21)29-23(15-17)27(34)18(2)28(35-29)20-8-5-4-6-9-20/h4-16,19,32H,1-3H3,(H,31,33)/t19-/m1/s1. The van der Waals surface area contributed by atoms with E-state index in [1.165, 1.54) is 6.07 Å². The van der Waals surface area contributed by atoms with Gasteiger partial charge in [0, 0.05) is 40.7 Å². The predicted molar refractivity (Wildman–Crippen MR) is 140 cm³/mol. The van der Waals surface area contributed by atoms with E-state index in [0.717, 1.165) is 33.6 Å². The van der Waals surface area contributed by atoms with Crippen molar-refractivity contribution in [1.29, 1.82) is 0 Å². The van der Waals surface area contributed by atoms with Gasteiger partial charge in [-0.1, -0.05) is 36.4 Å². The summed E-state index contributed by atoms with van der Waals surface area (Å²) >= 11 is 0. The van der Waals surface area contributed by atoms with Crippen LogP contribution in [0.2, 0.25) is 0 Å². The summed E-state index contributed by atoms with van der Waals surface area (Å²) in [5, 5.41) is 4.10. The zero-order chi connectivity index (χ0) is 24.5. The number of fused-ring (bicyclic) bond motifs is 1. The Morgan fingerprint density at radius 1 is 0.943 bits per heavy atom. The summed E-state index contributed by atoms with van der Waals surface area (Å²) in [6.07, 6.45) is 3.36. The van der Waals surface area contributed by atoms with Crippen LogP contribution in [0.15, 0.2) is 93.1 Å². The van der Waals surface area contributed by atoms with Crippen LogP contribution >= 0.6 is 0 Å². The molecule has 0 radical (unpaired) electrons. The van der Waals surface area contributed by atoms with Gasteiger partial charge < -0.3 is 14.7 Å². The van der Waals surface area contributed by atoms with E-state index in [4.69, 9.17) is 4.42 Å². The second kappa shape index (κ2) is 9.06. The molecule has 2 N–H and O–H groups in total. The van der Waals surface area contributed by atoms with E-state index in [0.29, 0.717) is 22.3 Å². The lowest BCUT2D eigenvalue weighted by Crippen LogP contribution is -2.13. The van der Waals surface area contributed by atoms with Crippen molar-refractivity contribution in [2.75, 3.05) is 5.32 Å². The fourth-order valence-electron chi connectivity index (χ4n) is 4.37. The molecule has 0 aliphatic heterocycles. The molecule has 0 spiro atoms. The Bertz CT molecular complexity index is 1630. The van der Waals surface area contributed by atoms with E-state index in [-0.39, 0.29) is 17.0 Å². The van der Waals surface area contributed by atoms with Crippen LogP contribution in [0.25, 0.3) is 33.6 Å². The highest BCUT2D eigenvalue weighted by Gasteiger charge is 2.20. The molecule has 174 valence electrons. The number of benzene rings is 2. The second-order valence-corrected chi connectivity index (χ2v) is 8.69.